The molecule has 0 saturated heterocycles. The van der Waals surface area contributed by atoms with E-state index in [2.05, 4.69) is 5.32 Å². The van der Waals surface area contributed by atoms with Crippen LogP contribution in [0.3, 0.4) is 0 Å². The fourth-order valence-electron chi connectivity index (χ4n) is 3.07. The zero-order chi connectivity index (χ0) is 24.7. The van der Waals surface area contributed by atoms with Gasteiger partial charge in [-0.25, -0.2) is 4.39 Å². The maximum absolute atomic E-state index is 13.9. The number of aryl methyl sites for hydroxylation is 1. The molecule has 0 atom stereocenters. The average Bonchev–Trinajstić information content (AvgIpc) is 2.80. The maximum Gasteiger partial charge on any atom is 0.266 e. The molecular formula is C26H21Cl2FN2O3. The number of amides is 1. The van der Waals surface area contributed by atoms with E-state index in [-0.39, 0.29) is 23.0 Å². The van der Waals surface area contributed by atoms with Crippen molar-refractivity contribution in [3.05, 3.63) is 92.7 Å². The van der Waals surface area contributed by atoms with Crippen LogP contribution < -0.4 is 14.8 Å². The fourth-order valence-corrected chi connectivity index (χ4v) is 3.52. The Balaban J connectivity index is 1.87. The molecule has 0 aliphatic heterocycles. The summed E-state index contributed by atoms with van der Waals surface area (Å²) in [5.74, 6) is -0.444. The Labute approximate surface area is 207 Å². The Kier molecular flexibility index (Phi) is 8.53. The van der Waals surface area contributed by atoms with Crippen molar-refractivity contribution >= 4 is 40.9 Å². The normalized spacial score (nSPS) is 11.0. The lowest BCUT2D eigenvalue weighted by Crippen LogP contribution is -2.14. The summed E-state index contributed by atoms with van der Waals surface area (Å²) in [5, 5.41) is 12.9. The van der Waals surface area contributed by atoms with Crippen LogP contribution in [0, 0.1) is 24.1 Å². The third-order valence-electron chi connectivity index (χ3n) is 4.79. The first-order valence-electron chi connectivity index (χ1n) is 10.3. The van der Waals surface area contributed by atoms with E-state index in [0.29, 0.717) is 34.2 Å². The summed E-state index contributed by atoms with van der Waals surface area (Å²) < 4.78 is 25.3. The highest BCUT2D eigenvalue weighted by molar-refractivity contribution is 6.32. The molecule has 3 rings (SSSR count). The summed E-state index contributed by atoms with van der Waals surface area (Å²) in [4.78, 5) is 12.7. The lowest BCUT2D eigenvalue weighted by Gasteiger charge is -2.15. The third kappa shape index (κ3) is 6.28. The molecule has 8 heteroatoms. The number of anilines is 1. The summed E-state index contributed by atoms with van der Waals surface area (Å²) in [6, 6.07) is 16.4. The van der Waals surface area contributed by atoms with Gasteiger partial charge in [-0.1, -0.05) is 47.5 Å². The number of benzene rings is 3. The van der Waals surface area contributed by atoms with Crippen LogP contribution in [0.5, 0.6) is 11.5 Å². The molecule has 0 spiro atoms. The van der Waals surface area contributed by atoms with Crippen molar-refractivity contribution in [1.29, 1.82) is 5.26 Å². The summed E-state index contributed by atoms with van der Waals surface area (Å²) in [7, 11) is 0. The van der Waals surface area contributed by atoms with Gasteiger partial charge in [-0.3, -0.25) is 4.79 Å². The lowest BCUT2D eigenvalue weighted by molar-refractivity contribution is -0.112. The number of carbonyl (C=O) groups excluding carboxylic acids is 1. The number of carbonyl (C=O) groups is 1. The highest BCUT2D eigenvalue weighted by Gasteiger charge is 2.16. The van der Waals surface area contributed by atoms with E-state index in [4.69, 9.17) is 32.7 Å². The number of halogens is 3. The first-order valence-corrected chi connectivity index (χ1v) is 11.1. The van der Waals surface area contributed by atoms with Crippen molar-refractivity contribution in [2.75, 3.05) is 11.9 Å². The molecule has 174 valence electrons. The Bertz CT molecular complexity index is 1290. The third-order valence-corrected chi connectivity index (χ3v) is 5.30. The molecule has 0 unspecified atom stereocenters. The number of hydrogen-bond acceptors (Lipinski definition) is 4. The largest absolute Gasteiger partial charge is 0.490 e. The molecule has 1 amide bonds. The standard InChI is InChI=1S/C26H21Cl2FN2O3/c1-3-33-24-12-17(11-21(28)25(24)34-15-18-6-4-5-7-22(18)29)10-19(14-30)26(32)31-23-13-20(27)9-8-16(23)2/h4-13H,3,15H2,1-2H3,(H,31,32)/b19-10+. The van der Waals surface area contributed by atoms with E-state index in [0.717, 1.165) is 5.56 Å². The van der Waals surface area contributed by atoms with Gasteiger partial charge in [0.05, 0.1) is 11.6 Å². The number of nitrogens with zero attached hydrogens (tertiary/aromatic N) is 1. The number of nitrogens with one attached hydrogen (secondary N) is 1. The van der Waals surface area contributed by atoms with Gasteiger partial charge < -0.3 is 14.8 Å². The Morgan fingerprint density at radius 1 is 1.15 bits per heavy atom. The van der Waals surface area contributed by atoms with Crippen LogP contribution >= 0.6 is 23.2 Å². The first-order chi connectivity index (χ1) is 16.3. The van der Waals surface area contributed by atoms with Gasteiger partial charge in [0, 0.05) is 16.3 Å². The highest BCUT2D eigenvalue weighted by atomic mass is 35.5. The Hall–Kier alpha value is -3.53. The molecule has 1 N–H and O–H groups in total. The summed E-state index contributed by atoms with van der Waals surface area (Å²) in [6.45, 7) is 3.88. The molecule has 0 fully saturated rings. The quantitative estimate of drug-likeness (QED) is 0.269. The molecule has 0 bridgehead atoms. The maximum atomic E-state index is 13.9. The molecule has 0 aliphatic carbocycles. The van der Waals surface area contributed by atoms with Gasteiger partial charge >= 0.3 is 0 Å². The van der Waals surface area contributed by atoms with Gasteiger partial charge in [-0.2, -0.15) is 5.26 Å². The molecule has 3 aromatic carbocycles. The van der Waals surface area contributed by atoms with Crippen LogP contribution in [0.25, 0.3) is 6.08 Å². The number of hydrogen-bond donors (Lipinski definition) is 1. The molecule has 0 heterocycles. The Morgan fingerprint density at radius 2 is 1.91 bits per heavy atom. The predicted octanol–water partition coefficient (Wildman–Crippen LogP) is 6.96. The first kappa shape index (κ1) is 25.1. The van der Waals surface area contributed by atoms with E-state index in [1.807, 2.05) is 13.0 Å². The lowest BCUT2D eigenvalue weighted by atomic mass is 10.1. The molecule has 3 aromatic rings. The minimum atomic E-state index is -0.596. The number of nitriles is 1. The monoisotopic (exact) mass is 498 g/mol. The second kappa shape index (κ2) is 11.6. The van der Waals surface area contributed by atoms with Gasteiger partial charge in [-0.05, 0) is 61.4 Å². The molecule has 0 aromatic heterocycles. The van der Waals surface area contributed by atoms with Crippen molar-refractivity contribution in [1.82, 2.24) is 0 Å². The smallest absolute Gasteiger partial charge is 0.266 e. The molecule has 0 aliphatic rings. The van der Waals surface area contributed by atoms with Crippen molar-refractivity contribution in [2.45, 2.75) is 20.5 Å². The van der Waals surface area contributed by atoms with Crippen molar-refractivity contribution in [3.63, 3.8) is 0 Å². The number of rotatable bonds is 8. The van der Waals surface area contributed by atoms with Crippen molar-refractivity contribution in [3.8, 4) is 17.6 Å². The topological polar surface area (TPSA) is 71.3 Å². The summed E-state index contributed by atoms with van der Waals surface area (Å²) in [5.41, 5.74) is 1.99. The van der Waals surface area contributed by atoms with Crippen LogP contribution in [0.2, 0.25) is 10.0 Å². The van der Waals surface area contributed by atoms with Gasteiger partial charge in [0.1, 0.15) is 24.1 Å². The van der Waals surface area contributed by atoms with Gasteiger partial charge in [0.15, 0.2) is 11.5 Å². The second-order valence-corrected chi connectivity index (χ2v) is 8.07. The zero-order valence-corrected chi connectivity index (χ0v) is 20.0. The average molecular weight is 499 g/mol. The van der Waals surface area contributed by atoms with Crippen molar-refractivity contribution < 1.29 is 18.7 Å². The van der Waals surface area contributed by atoms with Gasteiger partial charge in [0.25, 0.3) is 5.91 Å². The number of ether oxygens (including phenoxy) is 2. The van der Waals surface area contributed by atoms with E-state index >= 15 is 0 Å². The van der Waals surface area contributed by atoms with Crippen LogP contribution in [0.4, 0.5) is 10.1 Å². The fraction of sp³-hybridized carbons (Fsp3) is 0.154. The van der Waals surface area contributed by atoms with E-state index in [1.165, 1.54) is 18.2 Å². The predicted molar refractivity (Wildman–Crippen MR) is 132 cm³/mol. The molecule has 0 radical (unpaired) electrons. The van der Waals surface area contributed by atoms with Crippen LogP contribution in [0.1, 0.15) is 23.6 Å². The van der Waals surface area contributed by atoms with Gasteiger partial charge in [-0.15, -0.1) is 0 Å². The second-order valence-electron chi connectivity index (χ2n) is 7.23. The van der Waals surface area contributed by atoms with Crippen LogP contribution in [-0.2, 0) is 11.4 Å². The van der Waals surface area contributed by atoms with Crippen LogP contribution in [-0.4, -0.2) is 12.5 Å². The van der Waals surface area contributed by atoms with E-state index in [1.54, 1.807) is 49.4 Å². The van der Waals surface area contributed by atoms with Crippen molar-refractivity contribution in [2.24, 2.45) is 0 Å². The molecular weight excluding hydrogens is 478 g/mol. The minimum absolute atomic E-state index is 0.0491. The molecule has 5 nitrogen and oxygen atoms in total. The van der Waals surface area contributed by atoms with E-state index < -0.39 is 11.7 Å². The Morgan fingerprint density at radius 3 is 2.62 bits per heavy atom. The van der Waals surface area contributed by atoms with Gasteiger partial charge in [0.2, 0.25) is 0 Å². The zero-order valence-electron chi connectivity index (χ0n) is 18.5. The summed E-state index contributed by atoms with van der Waals surface area (Å²) in [6.07, 6.45) is 1.39. The van der Waals surface area contributed by atoms with E-state index in [9.17, 15) is 14.4 Å². The molecule has 34 heavy (non-hydrogen) atoms. The minimum Gasteiger partial charge on any atom is -0.490 e. The molecule has 0 saturated carbocycles. The highest BCUT2D eigenvalue weighted by Crippen LogP contribution is 2.38. The SMILES string of the molecule is CCOc1cc(/C=C(\C#N)C(=O)Nc2cc(Cl)ccc2C)cc(Cl)c1OCc1ccccc1F. The van der Waals surface area contributed by atoms with Crippen LogP contribution in [0.15, 0.2) is 60.2 Å². The summed E-state index contributed by atoms with van der Waals surface area (Å²) >= 11 is 12.4.